The highest BCUT2D eigenvalue weighted by Crippen LogP contribution is 2.27. The van der Waals surface area contributed by atoms with Gasteiger partial charge in [-0.15, -0.1) is 0 Å². The molecule has 1 aromatic heterocycles. The number of ether oxygens (including phenoxy) is 1. The molecule has 1 aromatic rings. The highest BCUT2D eigenvalue weighted by molar-refractivity contribution is 5.28. The molecule has 100 valence electrons. The smallest absolute Gasteiger partial charge is 0.351 e. The summed E-state index contributed by atoms with van der Waals surface area (Å²) in [5.41, 5.74) is 1.92. The summed E-state index contributed by atoms with van der Waals surface area (Å²) in [4.78, 5) is 20.1. The maximum absolute atomic E-state index is 11.7. The number of rotatable bonds is 4. The normalized spacial score (nSPS) is 27.4. The molecule has 0 spiro atoms. The molecule has 0 unspecified atom stereocenters. The molecule has 0 saturated carbocycles. The van der Waals surface area contributed by atoms with Crippen LogP contribution in [-0.2, 0) is 9.57 Å². The van der Waals surface area contributed by atoms with E-state index in [4.69, 9.17) is 9.84 Å². The van der Waals surface area contributed by atoms with Gasteiger partial charge in [0.2, 0.25) is 0 Å². The van der Waals surface area contributed by atoms with Crippen molar-refractivity contribution in [1.29, 1.82) is 0 Å². The molecule has 18 heavy (non-hydrogen) atoms. The highest BCUT2D eigenvalue weighted by atomic mass is 16.6. The molecule has 2 heterocycles. The molecule has 1 fully saturated rings. The van der Waals surface area contributed by atoms with E-state index in [1.807, 2.05) is 0 Å². The Morgan fingerprint density at radius 3 is 3.06 bits per heavy atom. The Balaban J connectivity index is 2.17. The van der Waals surface area contributed by atoms with Gasteiger partial charge in [-0.1, -0.05) is 0 Å². The second kappa shape index (κ2) is 5.44. The zero-order chi connectivity index (χ0) is 13.1. The van der Waals surface area contributed by atoms with E-state index in [0.717, 1.165) is 0 Å². The van der Waals surface area contributed by atoms with Crippen molar-refractivity contribution in [2.45, 2.75) is 24.9 Å². The van der Waals surface area contributed by atoms with Crippen LogP contribution in [-0.4, -0.2) is 45.7 Å². The third-order valence-corrected chi connectivity index (χ3v) is 2.73. The van der Waals surface area contributed by atoms with Gasteiger partial charge in [-0.25, -0.2) is 10.3 Å². The Bertz CT molecular complexity index is 463. The summed E-state index contributed by atoms with van der Waals surface area (Å²) in [6.45, 7) is -0.289. The van der Waals surface area contributed by atoms with Gasteiger partial charge in [0.15, 0.2) is 5.82 Å². The molecule has 0 radical (unpaired) electrons. The molecule has 0 amide bonds. The summed E-state index contributed by atoms with van der Waals surface area (Å²) < 4.78 is 6.62. The minimum atomic E-state index is -0.788. The molecule has 1 aliphatic heterocycles. The standard InChI is InChI=1S/C10H15N3O5/c1-17-12-8-2-3-13(10(16)11-8)9-4-6(15)7(5-14)18-9/h2-3,6-7,9,14-15H,4-5H2,1H3,(H,11,12,16)/t6-,7+,9+/m0/s1. The molecule has 3 atom stereocenters. The summed E-state index contributed by atoms with van der Waals surface area (Å²) in [5, 5.41) is 18.6. The van der Waals surface area contributed by atoms with Crippen LogP contribution in [0.5, 0.6) is 0 Å². The fourth-order valence-electron chi connectivity index (χ4n) is 1.84. The van der Waals surface area contributed by atoms with Crippen LogP contribution in [0.1, 0.15) is 12.6 Å². The summed E-state index contributed by atoms with van der Waals surface area (Å²) in [6, 6.07) is 1.55. The number of aromatic nitrogens is 2. The first-order valence-corrected chi connectivity index (χ1v) is 5.48. The second-order valence-corrected chi connectivity index (χ2v) is 3.92. The fourth-order valence-corrected chi connectivity index (χ4v) is 1.84. The van der Waals surface area contributed by atoms with E-state index in [1.54, 1.807) is 6.07 Å². The van der Waals surface area contributed by atoms with Crippen LogP contribution in [0.4, 0.5) is 5.82 Å². The fraction of sp³-hybridized carbons (Fsp3) is 0.600. The third-order valence-electron chi connectivity index (χ3n) is 2.73. The zero-order valence-corrected chi connectivity index (χ0v) is 9.81. The monoisotopic (exact) mass is 257 g/mol. The lowest BCUT2D eigenvalue weighted by Gasteiger charge is -2.14. The Hall–Kier alpha value is -1.48. The van der Waals surface area contributed by atoms with E-state index in [0.29, 0.717) is 0 Å². The second-order valence-electron chi connectivity index (χ2n) is 3.92. The van der Waals surface area contributed by atoms with Crippen LogP contribution in [0.2, 0.25) is 0 Å². The predicted octanol–water partition coefficient (Wildman–Crippen LogP) is -1.14. The number of nitrogens with one attached hydrogen (secondary N) is 1. The van der Waals surface area contributed by atoms with Crippen LogP contribution in [0.3, 0.4) is 0 Å². The highest BCUT2D eigenvalue weighted by Gasteiger charge is 2.34. The quantitative estimate of drug-likeness (QED) is 0.585. The van der Waals surface area contributed by atoms with Gasteiger partial charge in [0.25, 0.3) is 0 Å². The molecule has 0 aliphatic carbocycles. The van der Waals surface area contributed by atoms with Gasteiger partial charge in [0.1, 0.15) is 12.3 Å². The van der Waals surface area contributed by atoms with Crippen LogP contribution < -0.4 is 11.2 Å². The Labute approximate surface area is 103 Å². The number of hydrogen-bond acceptors (Lipinski definition) is 7. The van der Waals surface area contributed by atoms with Gasteiger partial charge in [-0.2, -0.15) is 4.98 Å². The first-order chi connectivity index (χ1) is 8.65. The Morgan fingerprint density at radius 1 is 1.72 bits per heavy atom. The number of anilines is 1. The van der Waals surface area contributed by atoms with Gasteiger partial charge < -0.3 is 14.9 Å². The minimum Gasteiger partial charge on any atom is -0.394 e. The van der Waals surface area contributed by atoms with Crippen LogP contribution >= 0.6 is 0 Å². The minimum absolute atomic E-state index is 0.240. The molecule has 8 nitrogen and oxygen atoms in total. The Morgan fingerprint density at radius 2 is 2.50 bits per heavy atom. The topological polar surface area (TPSA) is 106 Å². The van der Waals surface area contributed by atoms with Crippen molar-refractivity contribution in [1.82, 2.24) is 9.55 Å². The number of nitrogens with zero attached hydrogens (tertiary/aromatic N) is 2. The van der Waals surface area contributed by atoms with E-state index < -0.39 is 24.1 Å². The molecule has 2 rings (SSSR count). The molecule has 0 aromatic carbocycles. The number of aliphatic hydroxyl groups is 2. The number of hydrogen-bond donors (Lipinski definition) is 3. The van der Waals surface area contributed by atoms with E-state index in [2.05, 4.69) is 15.3 Å². The zero-order valence-electron chi connectivity index (χ0n) is 9.81. The maximum atomic E-state index is 11.7. The third kappa shape index (κ3) is 2.51. The van der Waals surface area contributed by atoms with Crippen molar-refractivity contribution in [2.75, 3.05) is 19.2 Å². The van der Waals surface area contributed by atoms with Crippen molar-refractivity contribution in [3.63, 3.8) is 0 Å². The van der Waals surface area contributed by atoms with Gasteiger partial charge in [-0.05, 0) is 6.07 Å². The summed E-state index contributed by atoms with van der Waals surface area (Å²) >= 11 is 0. The van der Waals surface area contributed by atoms with Crippen LogP contribution in [0, 0.1) is 0 Å². The van der Waals surface area contributed by atoms with Gasteiger partial charge in [-0.3, -0.25) is 9.40 Å². The molecular weight excluding hydrogens is 242 g/mol. The lowest BCUT2D eigenvalue weighted by Crippen LogP contribution is -2.28. The molecule has 1 saturated heterocycles. The molecular formula is C10H15N3O5. The number of aliphatic hydroxyl groups excluding tert-OH is 2. The van der Waals surface area contributed by atoms with Crippen molar-refractivity contribution in [2.24, 2.45) is 0 Å². The lowest BCUT2D eigenvalue weighted by molar-refractivity contribution is -0.0458. The van der Waals surface area contributed by atoms with Crippen LogP contribution in [0.15, 0.2) is 17.1 Å². The summed E-state index contributed by atoms with van der Waals surface area (Å²) in [6.07, 6.45) is -0.339. The van der Waals surface area contributed by atoms with E-state index in [9.17, 15) is 9.90 Å². The first-order valence-electron chi connectivity index (χ1n) is 5.48. The SMILES string of the molecule is CONc1ccn([C@H]2C[C@H](O)[C@@H](CO)O2)c(=O)n1. The molecule has 0 bridgehead atoms. The van der Waals surface area contributed by atoms with Crippen molar-refractivity contribution in [3.8, 4) is 0 Å². The maximum Gasteiger partial charge on any atom is 0.351 e. The molecule has 1 aliphatic rings. The van der Waals surface area contributed by atoms with E-state index in [1.165, 1.54) is 17.9 Å². The molecule has 8 heteroatoms. The molecule has 3 N–H and O–H groups in total. The first kappa shape index (κ1) is 13.0. The van der Waals surface area contributed by atoms with Gasteiger partial charge >= 0.3 is 5.69 Å². The summed E-state index contributed by atoms with van der Waals surface area (Å²) in [7, 11) is 1.41. The largest absolute Gasteiger partial charge is 0.394 e. The van der Waals surface area contributed by atoms with Crippen molar-refractivity contribution in [3.05, 3.63) is 22.7 Å². The van der Waals surface area contributed by atoms with Crippen LogP contribution in [0.25, 0.3) is 0 Å². The van der Waals surface area contributed by atoms with Gasteiger partial charge in [0.05, 0.1) is 19.8 Å². The predicted molar refractivity (Wildman–Crippen MR) is 60.7 cm³/mol. The Kier molecular flexibility index (Phi) is 3.92. The summed E-state index contributed by atoms with van der Waals surface area (Å²) in [5.74, 6) is 0.288. The van der Waals surface area contributed by atoms with E-state index >= 15 is 0 Å². The van der Waals surface area contributed by atoms with Gasteiger partial charge in [0, 0.05) is 12.6 Å². The average Bonchev–Trinajstić information content (AvgIpc) is 2.71. The van der Waals surface area contributed by atoms with Crippen molar-refractivity contribution >= 4 is 5.82 Å². The van der Waals surface area contributed by atoms with Crippen molar-refractivity contribution < 1.29 is 19.8 Å². The van der Waals surface area contributed by atoms with E-state index in [-0.39, 0.29) is 18.8 Å². The lowest BCUT2D eigenvalue weighted by atomic mass is 10.2. The average molecular weight is 257 g/mol.